The molecule has 4 aliphatic carbocycles. The minimum Gasteiger partial charge on any atom is -0.506 e. The number of amides is 1. The van der Waals surface area contributed by atoms with E-state index in [0.717, 1.165) is 30.9 Å². The average Bonchev–Trinajstić information content (AvgIpc) is 3.44. The highest BCUT2D eigenvalue weighted by Gasteiger charge is 2.69. The van der Waals surface area contributed by atoms with Crippen LogP contribution >= 0.6 is 0 Å². The summed E-state index contributed by atoms with van der Waals surface area (Å²) in [6.45, 7) is 2.28. The van der Waals surface area contributed by atoms with Crippen LogP contribution in [0.15, 0.2) is 22.6 Å². The molecule has 11 nitrogen and oxygen atoms in total. The van der Waals surface area contributed by atoms with E-state index in [9.17, 15) is 34.2 Å². The van der Waals surface area contributed by atoms with Gasteiger partial charge in [0.1, 0.15) is 17.3 Å². The maximum absolute atomic E-state index is 14.3. The van der Waals surface area contributed by atoms with Gasteiger partial charge in [-0.25, -0.2) is 0 Å². The third kappa shape index (κ3) is 4.81. The number of nitrogens with zero attached hydrogens (tertiary/aromatic N) is 2. The van der Waals surface area contributed by atoms with Gasteiger partial charge in [0.2, 0.25) is 5.91 Å². The molecule has 1 aromatic heterocycles. The van der Waals surface area contributed by atoms with Gasteiger partial charge in [-0.15, -0.1) is 0 Å². The van der Waals surface area contributed by atoms with Gasteiger partial charge in [0.15, 0.2) is 34.7 Å². The van der Waals surface area contributed by atoms with Gasteiger partial charge in [-0.3, -0.25) is 28.9 Å². The molecule has 0 radical (unpaired) electrons. The van der Waals surface area contributed by atoms with Gasteiger partial charge >= 0.3 is 0 Å². The zero-order valence-corrected chi connectivity index (χ0v) is 27.0. The Labute approximate surface area is 268 Å². The maximum Gasteiger partial charge on any atom is 0.235 e. The lowest BCUT2D eigenvalue weighted by atomic mass is 9.52. The van der Waals surface area contributed by atoms with Gasteiger partial charge < -0.3 is 25.3 Å². The van der Waals surface area contributed by atoms with Crippen molar-refractivity contribution in [2.45, 2.75) is 63.5 Å². The van der Waals surface area contributed by atoms with E-state index >= 15 is 0 Å². The molecule has 3 fully saturated rings. The van der Waals surface area contributed by atoms with Crippen molar-refractivity contribution in [3.63, 3.8) is 0 Å². The molecule has 46 heavy (non-hydrogen) atoms. The lowest BCUT2D eigenvalue weighted by molar-refractivity contribution is -0.181. The third-order valence-electron chi connectivity index (χ3n) is 11.1. The summed E-state index contributed by atoms with van der Waals surface area (Å²) in [6, 6.07) is 4.31. The first-order valence-electron chi connectivity index (χ1n) is 16.2. The van der Waals surface area contributed by atoms with Crippen molar-refractivity contribution in [3.8, 4) is 17.1 Å². The van der Waals surface area contributed by atoms with Crippen LogP contribution in [0.5, 0.6) is 5.75 Å². The maximum atomic E-state index is 14.3. The number of hydrogen-bond acceptors (Lipinski definition) is 10. The lowest BCUT2D eigenvalue weighted by Gasteiger charge is -2.52. The van der Waals surface area contributed by atoms with Gasteiger partial charge in [0.25, 0.3) is 0 Å². The number of ketones is 4. The summed E-state index contributed by atoms with van der Waals surface area (Å²) in [5, 5.41) is 23.5. The van der Waals surface area contributed by atoms with Crippen LogP contribution in [0.2, 0.25) is 0 Å². The van der Waals surface area contributed by atoms with Crippen molar-refractivity contribution in [3.05, 3.63) is 35.1 Å². The summed E-state index contributed by atoms with van der Waals surface area (Å²) >= 11 is 0. The van der Waals surface area contributed by atoms with Gasteiger partial charge in [-0.05, 0) is 81.3 Å². The van der Waals surface area contributed by atoms with Crippen molar-refractivity contribution >= 4 is 34.7 Å². The van der Waals surface area contributed by atoms with Crippen LogP contribution in [0.25, 0.3) is 11.3 Å². The van der Waals surface area contributed by atoms with Crippen LogP contribution in [0.1, 0.15) is 60.7 Å². The summed E-state index contributed by atoms with van der Waals surface area (Å²) < 4.78 is 6.23. The summed E-state index contributed by atoms with van der Waals surface area (Å²) in [6.07, 6.45) is 5.63. The number of likely N-dealkylation sites (N-methyl/N-ethyl adjacent to an activating group) is 1. The Morgan fingerprint density at radius 1 is 1.04 bits per heavy atom. The minimum atomic E-state index is -2.76. The second-order valence-corrected chi connectivity index (χ2v) is 14.4. The largest absolute Gasteiger partial charge is 0.506 e. The molecule has 3 saturated carbocycles. The number of anilines is 1. The Morgan fingerprint density at radius 2 is 1.72 bits per heavy atom. The Kier molecular flexibility index (Phi) is 8.00. The van der Waals surface area contributed by atoms with Crippen molar-refractivity contribution in [2.75, 3.05) is 33.1 Å². The van der Waals surface area contributed by atoms with Crippen LogP contribution < -0.4 is 10.6 Å². The second kappa shape index (κ2) is 11.5. The van der Waals surface area contributed by atoms with E-state index in [0.29, 0.717) is 28.5 Å². The van der Waals surface area contributed by atoms with Crippen molar-refractivity contribution < 1.29 is 38.6 Å². The quantitative estimate of drug-likeness (QED) is 0.402. The smallest absolute Gasteiger partial charge is 0.235 e. The Bertz CT molecular complexity index is 1630. The highest BCUT2D eigenvalue weighted by molar-refractivity contribution is 6.32. The fourth-order valence-corrected chi connectivity index (χ4v) is 8.69. The van der Waals surface area contributed by atoms with E-state index in [1.165, 1.54) is 17.7 Å². The number of phenolic OH excluding ortho intramolecular Hbond substituents is 1. The van der Waals surface area contributed by atoms with Gasteiger partial charge in [0.05, 0.1) is 23.1 Å². The monoisotopic (exact) mass is 633 g/mol. The molecule has 1 amide bonds. The minimum absolute atomic E-state index is 0.000760. The molecule has 0 aliphatic heterocycles. The Morgan fingerprint density at radius 3 is 2.33 bits per heavy atom. The first-order chi connectivity index (χ1) is 21.7. The number of carbonyl (C=O) groups is 5. The van der Waals surface area contributed by atoms with Crippen LogP contribution in [0.4, 0.5) is 5.69 Å². The summed E-state index contributed by atoms with van der Waals surface area (Å²) in [7, 11) is 6.77. The number of furan rings is 1. The van der Waals surface area contributed by atoms with E-state index in [2.05, 4.69) is 6.92 Å². The number of fused-ring (bicyclic) bond motifs is 3. The van der Waals surface area contributed by atoms with Gasteiger partial charge in [-0.2, -0.15) is 0 Å². The van der Waals surface area contributed by atoms with Crippen molar-refractivity contribution in [2.24, 2.45) is 41.2 Å². The van der Waals surface area contributed by atoms with E-state index in [-0.39, 0.29) is 24.2 Å². The molecule has 6 atom stereocenters. The number of benzene rings is 1. The molecule has 4 aliphatic rings. The fourth-order valence-electron chi connectivity index (χ4n) is 8.69. The van der Waals surface area contributed by atoms with Crippen LogP contribution in [0, 0.1) is 35.5 Å². The number of Topliss-reactive ketones (excluding diaryl/α,β-unsaturated/α-hetero) is 4. The zero-order chi connectivity index (χ0) is 33.4. The van der Waals surface area contributed by atoms with E-state index < -0.39 is 64.4 Å². The van der Waals surface area contributed by atoms with Gasteiger partial charge in [0, 0.05) is 32.1 Å². The number of phenols is 1. The molecule has 1 heterocycles. The molecule has 6 rings (SSSR count). The number of primary amides is 1. The van der Waals surface area contributed by atoms with Crippen LogP contribution in [-0.2, 0) is 32.0 Å². The topological polar surface area (TPSA) is 171 Å². The van der Waals surface area contributed by atoms with E-state index in [1.807, 2.05) is 25.1 Å². The summed E-state index contributed by atoms with van der Waals surface area (Å²) in [5.74, 6) is -8.24. The van der Waals surface area contributed by atoms with Crippen molar-refractivity contribution in [1.82, 2.24) is 4.90 Å². The molecule has 4 N–H and O–H groups in total. The molecule has 0 spiro atoms. The van der Waals surface area contributed by atoms with Gasteiger partial charge in [-0.1, -0.05) is 19.8 Å². The van der Waals surface area contributed by atoms with E-state index in [4.69, 9.17) is 10.2 Å². The highest BCUT2D eigenvalue weighted by atomic mass is 16.3. The Hall–Kier alpha value is -3.83. The lowest BCUT2D eigenvalue weighted by Crippen LogP contribution is -2.74. The normalized spacial score (nSPS) is 32.6. The highest BCUT2D eigenvalue weighted by Crippen LogP contribution is 2.53. The van der Waals surface area contributed by atoms with Crippen LogP contribution in [0.3, 0.4) is 0 Å². The SMILES string of the molecule is CC1CCC(Cc2ccc(-c3cc(N(C)C)c4c(c3O)C(=O)C3C(=O)[C@@]5(O)C(=O)C(C(N)=O)C(=O)[C@H](N(C)C)[C@H]5C[C@H]3C4)o2)CC1. The third-order valence-corrected chi connectivity index (χ3v) is 11.1. The number of nitrogens with two attached hydrogens (primary N) is 1. The number of aromatic hydroxyl groups is 1. The number of carbonyl (C=O) groups excluding carboxylic acids is 5. The number of rotatable bonds is 6. The van der Waals surface area contributed by atoms with E-state index in [1.54, 1.807) is 26.2 Å². The first kappa shape index (κ1) is 32.1. The molecule has 2 unspecified atom stereocenters. The second-order valence-electron chi connectivity index (χ2n) is 14.4. The zero-order valence-electron chi connectivity index (χ0n) is 27.0. The Balaban J connectivity index is 1.40. The predicted molar refractivity (Wildman–Crippen MR) is 168 cm³/mol. The fraction of sp³-hybridized carbons (Fsp3) is 0.571. The number of aliphatic hydroxyl groups is 1. The molecule has 11 heteroatoms. The average molecular weight is 634 g/mol. The molecule has 246 valence electrons. The van der Waals surface area contributed by atoms with Crippen molar-refractivity contribution in [1.29, 1.82) is 0 Å². The summed E-state index contributed by atoms with van der Waals surface area (Å²) in [5.41, 5.74) is 4.12. The molecule has 0 bridgehead atoms. The van der Waals surface area contributed by atoms with Crippen LogP contribution in [-0.4, -0.2) is 84.0 Å². The molecular formula is C35H43N3O8. The first-order valence-corrected chi connectivity index (χ1v) is 16.2. The summed E-state index contributed by atoms with van der Waals surface area (Å²) in [4.78, 5) is 71.0. The molecule has 1 aromatic carbocycles. The molecular weight excluding hydrogens is 590 g/mol. The predicted octanol–water partition coefficient (Wildman–Crippen LogP) is 2.56. The molecule has 2 aromatic rings. The number of hydrogen-bond donors (Lipinski definition) is 3. The molecule has 0 saturated heterocycles. The standard InChI is InChI=1S/C35H43N3O8/c1-16-6-8-17(9-7-16)12-19-10-11-24(46-19)21-15-23(37(2)3)20-13-18-14-22-28(38(4)5)31(41)27(34(36)44)33(43)35(22,45)32(42)25(18)30(40)26(20)29(21)39/h10-11,15-18,22,25,27-28,39,45H,6-9,12-14H2,1-5H3,(H2,36,44)/t16?,17?,18-,22-,25?,27?,28-,35-/m1/s1.